The van der Waals surface area contributed by atoms with Gasteiger partial charge in [0.2, 0.25) is 0 Å². The van der Waals surface area contributed by atoms with Crippen molar-refractivity contribution in [1.29, 1.82) is 0 Å². The molecule has 0 saturated carbocycles. The third kappa shape index (κ3) is 36.0. The largest absolute Gasteiger partial charge is 0.487 e. The van der Waals surface area contributed by atoms with Crippen molar-refractivity contribution in [3.05, 3.63) is 126 Å². The van der Waals surface area contributed by atoms with Crippen LogP contribution < -0.4 is 28.1 Å². The molecule has 0 fully saturated rings. The zero-order valence-electron chi connectivity index (χ0n) is 44.0. The minimum Gasteiger partial charge on any atom is -0.487 e. The number of ether oxygens (including phenoxy) is 10. The van der Waals surface area contributed by atoms with Crippen molar-refractivity contribution in [2.24, 2.45) is 0 Å². The van der Waals surface area contributed by atoms with Crippen molar-refractivity contribution in [1.82, 2.24) is 4.98 Å². The number of Topliss-reactive ketones (excluding diaryl/α,β-unsaturated/α-hetero) is 1. The van der Waals surface area contributed by atoms with E-state index >= 15 is 0 Å². The summed E-state index contributed by atoms with van der Waals surface area (Å²) >= 11 is 0. The van der Waals surface area contributed by atoms with Crippen LogP contribution in [0.1, 0.15) is 46.0 Å². The van der Waals surface area contributed by atoms with E-state index in [1.165, 1.54) is 32.0 Å². The molecular formula is C50H61F12N3O15P2. The van der Waals surface area contributed by atoms with Crippen LogP contribution in [0.25, 0.3) is 11.1 Å². The van der Waals surface area contributed by atoms with Gasteiger partial charge < -0.3 is 62.4 Å². The minimum absolute atomic E-state index is 0.0331. The van der Waals surface area contributed by atoms with Gasteiger partial charge in [0, 0.05) is 24.3 Å². The monoisotopic (exact) mass is 1230 g/mol. The summed E-state index contributed by atoms with van der Waals surface area (Å²) in [6.45, 7) is 8.34. The van der Waals surface area contributed by atoms with Gasteiger partial charge in [-0.15, -0.1) is 0 Å². The Morgan fingerprint density at radius 2 is 0.732 bits per heavy atom. The maximum atomic E-state index is 12.8. The molecule has 10 rings (SSSR count). The molecule has 0 unspecified atom stereocenters. The van der Waals surface area contributed by atoms with Crippen LogP contribution in [0.2, 0.25) is 0 Å². The van der Waals surface area contributed by atoms with Crippen LogP contribution in [0.15, 0.2) is 104 Å². The van der Waals surface area contributed by atoms with Crippen molar-refractivity contribution in [2.45, 2.75) is 40.2 Å². The summed E-state index contributed by atoms with van der Waals surface area (Å²) in [6.07, 6.45) is 7.83. The number of carbonyl (C=O) groups excluding carboxylic acids is 3. The Balaban J connectivity index is 0.000000396. The maximum absolute atomic E-state index is 12.8. The van der Waals surface area contributed by atoms with E-state index in [2.05, 4.69) is 4.98 Å². The van der Waals surface area contributed by atoms with E-state index < -0.39 is 27.6 Å². The molecule has 3 aromatic heterocycles. The number of esters is 2. The molecule has 0 atom stereocenters. The van der Waals surface area contributed by atoms with Gasteiger partial charge in [0.1, 0.15) is 70.0 Å². The Kier molecular flexibility index (Phi) is 26.1. The molecular weight excluding hydrogens is 1170 g/mol. The smallest absolute Gasteiger partial charge is 0.357 e. The van der Waals surface area contributed by atoms with Gasteiger partial charge in [-0.3, -0.25) is 0 Å². The van der Waals surface area contributed by atoms with E-state index in [0.29, 0.717) is 100 Å². The number of aromatic nitrogens is 3. The number of carbonyl (C=O) groups is 3. The number of halogens is 12. The Morgan fingerprint density at radius 1 is 0.451 bits per heavy atom. The van der Waals surface area contributed by atoms with Gasteiger partial charge in [-0.2, -0.15) is 0 Å². The standard InChI is InChI=1S/C33H37NO12.C14H18N2O2.C3H6O.2F6P/c35-32-26-2-1-3-27(34-26)33(36)46-23-25-5-7-29-31(21-25)44-19-15-40-11-9-37-12-16-41-28-6-4-24(22-45-32)20-30(28)43-18-14-39-10-8-38-13-17-42-29;17-11-9-15-5-1-13(2-6-15)14-3-7-16(8-4-14)10-12-18;1-3(2)4;2*1-7(2,3,4,5)6/h1-7,20-21H,8-19,22-23H2;1-8,17-18H,9-12H2;1-2H3;;/q;+2;;2*-1. The van der Waals surface area contributed by atoms with Crippen LogP contribution in [0, 0.1) is 0 Å². The number of ketones is 1. The van der Waals surface area contributed by atoms with Gasteiger partial charge in [0.15, 0.2) is 60.9 Å². The number of benzene rings is 2. The summed E-state index contributed by atoms with van der Waals surface area (Å²) < 4.78 is 180. The van der Waals surface area contributed by atoms with Crippen LogP contribution in [-0.4, -0.2) is 125 Å². The van der Waals surface area contributed by atoms with Gasteiger partial charge in [0.25, 0.3) is 0 Å². The van der Waals surface area contributed by atoms with Gasteiger partial charge >= 0.3 is 77.9 Å². The minimum atomic E-state index is -10.7. The third-order valence-corrected chi connectivity index (χ3v) is 9.44. The molecule has 5 aliphatic rings. The Hall–Kier alpha value is -6.52. The summed E-state index contributed by atoms with van der Waals surface area (Å²) in [5.41, 5.74) is 3.53. The van der Waals surface area contributed by atoms with E-state index in [4.69, 9.17) is 57.6 Å². The molecule has 5 aromatic rings. The van der Waals surface area contributed by atoms with Crippen LogP contribution >= 0.6 is 15.6 Å². The molecule has 5 aliphatic heterocycles. The van der Waals surface area contributed by atoms with Crippen molar-refractivity contribution in [3.63, 3.8) is 0 Å². The second-order valence-electron chi connectivity index (χ2n) is 16.9. The van der Waals surface area contributed by atoms with Gasteiger partial charge in [-0.1, -0.05) is 18.2 Å². The average molecular weight is 1230 g/mol. The van der Waals surface area contributed by atoms with Crippen molar-refractivity contribution in [2.75, 3.05) is 92.5 Å². The van der Waals surface area contributed by atoms with E-state index in [-0.39, 0.29) is 70.0 Å². The molecule has 0 saturated heterocycles. The SMILES string of the molecule is CC(C)=O.F[P-](F)(F)(F)(F)F.F[P-](F)(F)(F)(F)F.O=C1OCc2ccc3c(c2)OCCOCCOCCOc2ccc(cc2OCCOCCOCCO3)COC(=O)c2cccc1n2.OCC[n+]1ccc(-c2cc[n+](CCO)cc2)cc1. The normalized spacial score (nSPS) is 16.7. The predicted octanol–water partition coefficient (Wildman–Crippen LogP) is 10.7. The van der Waals surface area contributed by atoms with Crippen LogP contribution in [0.4, 0.5) is 50.4 Å². The number of nitrogens with zero attached hydrogens (tertiary/aromatic N) is 3. The summed E-state index contributed by atoms with van der Waals surface area (Å²) in [4.78, 5) is 39.3. The number of hydrogen-bond acceptors (Lipinski definition) is 16. The second kappa shape index (κ2) is 30.7. The summed E-state index contributed by atoms with van der Waals surface area (Å²) in [7, 11) is -21.3. The average Bonchev–Trinajstić information content (AvgIpc) is 3.59. The van der Waals surface area contributed by atoms with Crippen LogP contribution in [0.3, 0.4) is 0 Å². The number of pyridine rings is 3. The summed E-state index contributed by atoms with van der Waals surface area (Å²) in [5, 5.41) is 17.7. The molecule has 2 N–H and O–H groups in total. The number of fused-ring (bicyclic) bond motifs is 2. The molecule has 82 heavy (non-hydrogen) atoms. The first kappa shape index (κ1) is 69.7. The van der Waals surface area contributed by atoms with Crippen molar-refractivity contribution in [3.8, 4) is 34.1 Å². The van der Waals surface area contributed by atoms with Gasteiger partial charge in [0.05, 0.1) is 52.9 Å². The third-order valence-electron chi connectivity index (χ3n) is 9.44. The molecule has 0 spiro atoms. The Morgan fingerprint density at radius 3 is 1.02 bits per heavy atom. The zero-order chi connectivity index (χ0) is 61.0. The molecule has 0 radical (unpaired) electrons. The predicted molar refractivity (Wildman–Crippen MR) is 271 cm³/mol. The van der Waals surface area contributed by atoms with E-state index in [1.807, 2.05) is 58.2 Å². The van der Waals surface area contributed by atoms with E-state index in [1.54, 1.807) is 36.4 Å². The number of aliphatic hydroxyl groups is 2. The molecule has 2 aromatic carbocycles. The number of rotatable bonds is 5. The topological polar surface area (TPSA) is 205 Å². The molecule has 8 heterocycles. The Bertz CT molecular complexity index is 2590. The molecule has 18 nitrogen and oxygen atoms in total. The zero-order valence-corrected chi connectivity index (χ0v) is 45.8. The maximum Gasteiger partial charge on any atom is 0.357 e. The molecule has 0 aliphatic carbocycles. The summed E-state index contributed by atoms with van der Waals surface area (Å²) in [5.74, 6) is 0.689. The molecule has 8 bridgehead atoms. The van der Waals surface area contributed by atoms with Crippen LogP contribution in [-0.2, 0) is 59.5 Å². The second-order valence-corrected chi connectivity index (χ2v) is 20.7. The Labute approximate surface area is 461 Å². The summed E-state index contributed by atoms with van der Waals surface area (Å²) in [6, 6.07) is 23.1. The number of hydrogen-bond donors (Lipinski definition) is 2. The fourth-order valence-electron chi connectivity index (χ4n) is 6.17. The first-order valence-corrected chi connectivity index (χ1v) is 28.4. The van der Waals surface area contributed by atoms with Crippen molar-refractivity contribution >= 4 is 33.3 Å². The molecule has 460 valence electrons. The van der Waals surface area contributed by atoms with Gasteiger partial charge in [-0.25, -0.2) is 23.7 Å². The van der Waals surface area contributed by atoms with Crippen molar-refractivity contribution < 1.29 is 131 Å². The quantitative estimate of drug-likeness (QED) is 0.0727. The number of aliphatic hydroxyl groups excluding tert-OH is 2. The first-order chi connectivity index (χ1) is 38.1. The first-order valence-electron chi connectivity index (χ1n) is 24.3. The fraction of sp³-hybridized carbons (Fsp3) is 0.400. The van der Waals surface area contributed by atoms with Gasteiger partial charge in [-0.05, 0) is 72.5 Å². The van der Waals surface area contributed by atoms with E-state index in [9.17, 15) is 64.7 Å². The molecule has 0 amide bonds. The molecule has 32 heteroatoms. The van der Waals surface area contributed by atoms with E-state index in [0.717, 1.165) is 11.1 Å². The fourth-order valence-corrected chi connectivity index (χ4v) is 6.17. The van der Waals surface area contributed by atoms with Crippen LogP contribution in [0.5, 0.6) is 23.0 Å².